The Morgan fingerprint density at radius 2 is 1.31 bits per heavy atom. The molecule has 0 spiro atoms. The van der Waals surface area contributed by atoms with Gasteiger partial charge < -0.3 is 11.5 Å². The molecule has 0 aromatic heterocycles. The molecule has 0 fully saturated rings. The highest BCUT2D eigenvalue weighted by atomic mass is 32.2. The fourth-order valence-electron chi connectivity index (χ4n) is 2.79. The van der Waals surface area contributed by atoms with Gasteiger partial charge in [-0.15, -0.1) is 10.2 Å². The van der Waals surface area contributed by atoms with Crippen LogP contribution in [0.1, 0.15) is 0 Å². The number of hydrogen-bond donors (Lipinski definition) is 5. The van der Waals surface area contributed by atoms with Crippen LogP contribution >= 0.6 is 0 Å². The normalized spacial score (nSPS) is 13.1. The van der Waals surface area contributed by atoms with Crippen LogP contribution in [0.2, 0.25) is 0 Å². The molecular formula is C16H14N4O9S3. The molecule has 3 aromatic carbocycles. The lowest BCUT2D eigenvalue weighted by atomic mass is 10.1. The van der Waals surface area contributed by atoms with Gasteiger partial charge in [0.15, 0.2) is 0 Å². The highest BCUT2D eigenvalue weighted by Gasteiger charge is 2.24. The fourth-order valence-corrected chi connectivity index (χ4v) is 4.76. The Kier molecular flexibility index (Phi) is 5.71. The van der Waals surface area contributed by atoms with Crippen LogP contribution in [-0.4, -0.2) is 38.9 Å². The van der Waals surface area contributed by atoms with Gasteiger partial charge in [0.1, 0.15) is 21.2 Å². The summed E-state index contributed by atoms with van der Waals surface area (Å²) in [5.74, 6) is 0. The fraction of sp³-hybridized carbons (Fsp3) is 0. The van der Waals surface area contributed by atoms with E-state index in [0.717, 1.165) is 18.2 Å². The standard InChI is InChI=1S/C16H14N4O9S3/c17-9-2-4-13(31(24,25)26)12(6-9)19-20-16-11(18)3-1-8-5-10(30(21,22)23)7-14(15(8)16)32(27,28)29/h1-7H,17-18H2,(H,21,22,23)(H,24,25,26)(H,27,28,29). The highest BCUT2D eigenvalue weighted by molar-refractivity contribution is 7.87. The molecule has 0 bridgehead atoms. The van der Waals surface area contributed by atoms with Gasteiger partial charge in [-0.2, -0.15) is 25.3 Å². The van der Waals surface area contributed by atoms with Gasteiger partial charge in [0.25, 0.3) is 30.4 Å². The Morgan fingerprint density at radius 3 is 1.88 bits per heavy atom. The van der Waals surface area contributed by atoms with Crippen LogP contribution in [0.4, 0.5) is 22.7 Å². The van der Waals surface area contributed by atoms with E-state index < -0.39 is 50.7 Å². The molecule has 0 aliphatic heterocycles. The second kappa shape index (κ2) is 7.76. The van der Waals surface area contributed by atoms with Crippen LogP contribution in [0, 0.1) is 0 Å². The van der Waals surface area contributed by atoms with E-state index in [4.69, 9.17) is 11.5 Å². The third-order valence-electron chi connectivity index (χ3n) is 4.15. The topological polar surface area (TPSA) is 240 Å². The Bertz CT molecular complexity index is 1610. The van der Waals surface area contributed by atoms with Gasteiger partial charge in [0, 0.05) is 11.1 Å². The number of hydrogen-bond acceptors (Lipinski definition) is 10. The predicted octanol–water partition coefficient (Wildman–Crippen LogP) is 2.16. The molecule has 32 heavy (non-hydrogen) atoms. The Morgan fingerprint density at radius 1 is 0.688 bits per heavy atom. The number of fused-ring (bicyclic) bond motifs is 1. The molecule has 13 nitrogen and oxygen atoms in total. The number of nitrogen functional groups attached to an aromatic ring is 2. The molecule has 0 radical (unpaired) electrons. The molecule has 16 heteroatoms. The first kappa shape index (κ1) is 23.5. The van der Waals surface area contributed by atoms with Crippen molar-refractivity contribution < 1.29 is 38.9 Å². The molecule has 0 amide bonds. The van der Waals surface area contributed by atoms with Crippen molar-refractivity contribution in [3.05, 3.63) is 42.5 Å². The van der Waals surface area contributed by atoms with E-state index in [1.165, 1.54) is 18.2 Å². The molecule has 0 heterocycles. The number of nitrogens with zero attached hydrogens (tertiary/aromatic N) is 2. The molecular weight excluding hydrogens is 488 g/mol. The summed E-state index contributed by atoms with van der Waals surface area (Å²) >= 11 is 0. The lowest BCUT2D eigenvalue weighted by molar-refractivity contribution is 0.479. The number of anilines is 2. The van der Waals surface area contributed by atoms with Crippen molar-refractivity contribution in [3.63, 3.8) is 0 Å². The molecule has 0 unspecified atom stereocenters. The van der Waals surface area contributed by atoms with Crippen LogP contribution in [-0.2, 0) is 30.4 Å². The first-order chi connectivity index (χ1) is 14.6. The van der Waals surface area contributed by atoms with Crippen LogP contribution in [0.15, 0.2) is 67.4 Å². The first-order valence-corrected chi connectivity index (χ1v) is 12.5. The maximum Gasteiger partial charge on any atom is 0.296 e. The van der Waals surface area contributed by atoms with Crippen LogP contribution in [0.3, 0.4) is 0 Å². The van der Waals surface area contributed by atoms with Gasteiger partial charge >= 0.3 is 0 Å². The van der Waals surface area contributed by atoms with Crippen molar-refractivity contribution in [2.24, 2.45) is 10.2 Å². The molecule has 7 N–H and O–H groups in total. The van der Waals surface area contributed by atoms with E-state index >= 15 is 0 Å². The Hall–Kier alpha value is -3.15. The molecule has 0 saturated carbocycles. The summed E-state index contributed by atoms with van der Waals surface area (Å²) in [7, 11) is -14.6. The van der Waals surface area contributed by atoms with Gasteiger partial charge in [0.2, 0.25) is 0 Å². The van der Waals surface area contributed by atoms with E-state index in [0.29, 0.717) is 6.07 Å². The maximum atomic E-state index is 11.9. The van der Waals surface area contributed by atoms with E-state index in [1.807, 2.05) is 0 Å². The Balaban J connectivity index is 2.39. The summed E-state index contributed by atoms with van der Waals surface area (Å²) < 4.78 is 98.3. The summed E-state index contributed by atoms with van der Waals surface area (Å²) in [6.45, 7) is 0. The molecule has 0 atom stereocenters. The second-order valence-corrected chi connectivity index (χ2v) is 10.6. The Labute approximate surface area is 181 Å². The van der Waals surface area contributed by atoms with Crippen LogP contribution in [0.5, 0.6) is 0 Å². The van der Waals surface area contributed by atoms with Crippen molar-refractivity contribution in [1.82, 2.24) is 0 Å². The largest absolute Gasteiger partial charge is 0.399 e. The molecule has 3 rings (SSSR count). The van der Waals surface area contributed by atoms with Crippen molar-refractivity contribution in [1.29, 1.82) is 0 Å². The molecule has 0 aliphatic carbocycles. The monoisotopic (exact) mass is 502 g/mol. The van der Waals surface area contributed by atoms with Crippen molar-refractivity contribution in [2.45, 2.75) is 14.7 Å². The third kappa shape index (κ3) is 4.69. The maximum absolute atomic E-state index is 11.9. The quantitative estimate of drug-likeness (QED) is 0.192. The minimum Gasteiger partial charge on any atom is -0.399 e. The number of rotatable bonds is 5. The highest BCUT2D eigenvalue weighted by Crippen LogP contribution is 2.39. The molecule has 3 aromatic rings. The van der Waals surface area contributed by atoms with Crippen LogP contribution < -0.4 is 11.5 Å². The molecule has 0 aliphatic rings. The average molecular weight is 503 g/mol. The molecule has 0 saturated heterocycles. The number of nitrogens with two attached hydrogens (primary N) is 2. The zero-order valence-electron chi connectivity index (χ0n) is 15.6. The minimum absolute atomic E-state index is 0.0636. The summed E-state index contributed by atoms with van der Waals surface area (Å²) in [6.07, 6.45) is 0. The predicted molar refractivity (Wildman–Crippen MR) is 113 cm³/mol. The van der Waals surface area contributed by atoms with Crippen molar-refractivity contribution in [2.75, 3.05) is 11.5 Å². The summed E-state index contributed by atoms with van der Waals surface area (Å²) in [5, 5.41) is 6.98. The number of benzene rings is 3. The van der Waals surface area contributed by atoms with Gasteiger partial charge in [-0.05, 0) is 41.8 Å². The van der Waals surface area contributed by atoms with Gasteiger partial charge in [0.05, 0.1) is 10.6 Å². The zero-order valence-corrected chi connectivity index (χ0v) is 18.1. The summed E-state index contributed by atoms with van der Waals surface area (Å²) in [4.78, 5) is -2.43. The minimum atomic E-state index is -5.06. The summed E-state index contributed by atoms with van der Waals surface area (Å²) in [5.41, 5.74) is 10.6. The summed E-state index contributed by atoms with van der Waals surface area (Å²) in [6, 6.07) is 7.03. The average Bonchev–Trinajstić information content (AvgIpc) is 2.64. The lowest BCUT2D eigenvalue weighted by Gasteiger charge is -2.11. The van der Waals surface area contributed by atoms with Gasteiger partial charge in [-0.3, -0.25) is 13.7 Å². The van der Waals surface area contributed by atoms with Crippen LogP contribution in [0.25, 0.3) is 10.8 Å². The zero-order chi connectivity index (χ0) is 24.1. The van der Waals surface area contributed by atoms with E-state index in [-0.39, 0.29) is 27.8 Å². The van der Waals surface area contributed by atoms with E-state index in [2.05, 4.69) is 10.2 Å². The molecule has 170 valence electrons. The third-order valence-corrected chi connectivity index (χ3v) is 6.76. The lowest BCUT2D eigenvalue weighted by Crippen LogP contribution is -2.05. The first-order valence-electron chi connectivity index (χ1n) is 8.19. The number of azo groups is 1. The van der Waals surface area contributed by atoms with E-state index in [1.54, 1.807) is 0 Å². The smallest absolute Gasteiger partial charge is 0.296 e. The van der Waals surface area contributed by atoms with Crippen molar-refractivity contribution in [3.8, 4) is 0 Å². The van der Waals surface area contributed by atoms with E-state index in [9.17, 15) is 38.9 Å². The SMILES string of the molecule is Nc1ccc(S(=O)(=O)O)c(N=Nc2c(N)ccc3cc(S(=O)(=O)O)cc(S(=O)(=O)O)c23)c1. The van der Waals surface area contributed by atoms with Gasteiger partial charge in [-0.1, -0.05) is 6.07 Å². The van der Waals surface area contributed by atoms with Crippen molar-refractivity contribution >= 4 is 63.9 Å². The second-order valence-electron chi connectivity index (χ2n) is 6.38. The van der Waals surface area contributed by atoms with Gasteiger partial charge in [-0.25, -0.2) is 0 Å².